The fraction of sp³-hybridized carbons (Fsp3) is 0.500. The Kier molecular flexibility index (Phi) is 5.26. The lowest BCUT2D eigenvalue weighted by atomic mass is 10.1. The molecule has 0 saturated heterocycles. The summed E-state index contributed by atoms with van der Waals surface area (Å²) in [6.45, 7) is 4.60. The summed E-state index contributed by atoms with van der Waals surface area (Å²) in [5.74, 6) is -0.0291. The van der Waals surface area contributed by atoms with Gasteiger partial charge in [-0.05, 0) is 24.5 Å². The molecule has 0 N–H and O–H groups in total. The van der Waals surface area contributed by atoms with Crippen LogP contribution in [-0.2, 0) is 4.74 Å². The number of nitrogens with zero attached hydrogens (tertiary/aromatic N) is 1. The highest BCUT2D eigenvalue weighted by atomic mass is 35.5. The number of carbonyl (C=O) groups is 1. The molecule has 0 bridgehead atoms. The normalized spacial score (nSPS) is 12.2. The van der Waals surface area contributed by atoms with Crippen LogP contribution in [0.25, 0.3) is 0 Å². The zero-order chi connectivity index (χ0) is 12.0. The first-order chi connectivity index (χ1) is 7.63. The standard InChI is InChI=1S/C12H16ClNO2/c1-3-4-9(2)8-16-12(15)11-7-10(13)5-6-14-11/h5-7,9H,3-4,8H2,1-2H3. The van der Waals surface area contributed by atoms with E-state index in [0.29, 0.717) is 17.5 Å². The molecule has 0 spiro atoms. The minimum atomic E-state index is -0.412. The zero-order valence-corrected chi connectivity index (χ0v) is 10.3. The maximum Gasteiger partial charge on any atom is 0.356 e. The van der Waals surface area contributed by atoms with Crippen LogP contribution < -0.4 is 0 Å². The minimum absolute atomic E-state index is 0.260. The van der Waals surface area contributed by atoms with E-state index in [1.807, 2.05) is 0 Å². The molecule has 1 atom stereocenters. The lowest BCUT2D eigenvalue weighted by Gasteiger charge is -2.10. The van der Waals surface area contributed by atoms with Gasteiger partial charge in [0, 0.05) is 11.2 Å². The Balaban J connectivity index is 2.47. The van der Waals surface area contributed by atoms with Crippen molar-refractivity contribution >= 4 is 17.6 Å². The predicted octanol–water partition coefficient (Wildman–Crippen LogP) is 3.33. The monoisotopic (exact) mass is 241 g/mol. The van der Waals surface area contributed by atoms with Crippen LogP contribution in [-0.4, -0.2) is 17.6 Å². The quantitative estimate of drug-likeness (QED) is 0.743. The van der Waals surface area contributed by atoms with Gasteiger partial charge in [-0.15, -0.1) is 0 Å². The van der Waals surface area contributed by atoms with Gasteiger partial charge in [0.15, 0.2) is 0 Å². The van der Waals surface area contributed by atoms with E-state index in [1.165, 1.54) is 12.3 Å². The van der Waals surface area contributed by atoms with Gasteiger partial charge in [0.25, 0.3) is 0 Å². The van der Waals surface area contributed by atoms with Crippen molar-refractivity contribution in [2.45, 2.75) is 26.7 Å². The Morgan fingerprint density at radius 3 is 3.00 bits per heavy atom. The van der Waals surface area contributed by atoms with Crippen LogP contribution in [0.15, 0.2) is 18.3 Å². The molecule has 1 aromatic heterocycles. The molecule has 0 aliphatic rings. The van der Waals surface area contributed by atoms with Crippen molar-refractivity contribution < 1.29 is 9.53 Å². The van der Waals surface area contributed by atoms with Gasteiger partial charge in [-0.3, -0.25) is 0 Å². The molecule has 88 valence electrons. The number of esters is 1. The number of aromatic nitrogens is 1. The highest BCUT2D eigenvalue weighted by Crippen LogP contribution is 2.10. The summed E-state index contributed by atoms with van der Waals surface area (Å²) in [6.07, 6.45) is 3.64. The lowest BCUT2D eigenvalue weighted by Crippen LogP contribution is -2.13. The third-order valence-corrected chi connectivity index (χ3v) is 2.45. The first-order valence-electron chi connectivity index (χ1n) is 5.42. The Morgan fingerprint density at radius 2 is 2.38 bits per heavy atom. The summed E-state index contributed by atoms with van der Waals surface area (Å²) in [7, 11) is 0. The second kappa shape index (κ2) is 6.48. The van der Waals surface area contributed by atoms with Gasteiger partial charge in [0.2, 0.25) is 0 Å². The van der Waals surface area contributed by atoms with Crippen molar-refractivity contribution in [2.75, 3.05) is 6.61 Å². The van der Waals surface area contributed by atoms with Gasteiger partial charge in [-0.2, -0.15) is 0 Å². The summed E-state index contributed by atoms with van der Waals surface area (Å²) < 4.78 is 5.14. The third kappa shape index (κ3) is 4.19. The average molecular weight is 242 g/mol. The molecule has 1 unspecified atom stereocenters. The fourth-order valence-electron chi connectivity index (χ4n) is 1.38. The second-order valence-electron chi connectivity index (χ2n) is 3.85. The highest BCUT2D eigenvalue weighted by molar-refractivity contribution is 6.30. The van der Waals surface area contributed by atoms with Crippen LogP contribution in [0.3, 0.4) is 0 Å². The van der Waals surface area contributed by atoms with E-state index in [2.05, 4.69) is 18.8 Å². The molecule has 0 fully saturated rings. The zero-order valence-electron chi connectivity index (χ0n) is 9.57. The molecule has 0 aliphatic heterocycles. The Bertz CT molecular complexity index is 355. The van der Waals surface area contributed by atoms with E-state index >= 15 is 0 Å². The van der Waals surface area contributed by atoms with E-state index in [-0.39, 0.29) is 5.69 Å². The van der Waals surface area contributed by atoms with Gasteiger partial charge in [0.1, 0.15) is 5.69 Å². The first kappa shape index (κ1) is 13.0. The van der Waals surface area contributed by atoms with Crippen LogP contribution in [0, 0.1) is 5.92 Å². The number of ether oxygens (including phenoxy) is 1. The summed E-state index contributed by atoms with van der Waals surface area (Å²) in [5.41, 5.74) is 0.260. The summed E-state index contributed by atoms with van der Waals surface area (Å²) >= 11 is 5.75. The number of carbonyl (C=O) groups excluding carboxylic acids is 1. The van der Waals surface area contributed by atoms with Gasteiger partial charge in [-0.25, -0.2) is 9.78 Å². The highest BCUT2D eigenvalue weighted by Gasteiger charge is 2.11. The molecule has 1 rings (SSSR count). The molecule has 1 heterocycles. The van der Waals surface area contributed by atoms with Crippen molar-refractivity contribution in [1.29, 1.82) is 0 Å². The van der Waals surface area contributed by atoms with E-state index in [9.17, 15) is 4.79 Å². The van der Waals surface area contributed by atoms with E-state index in [0.717, 1.165) is 12.8 Å². The first-order valence-corrected chi connectivity index (χ1v) is 5.80. The number of halogens is 1. The summed E-state index contributed by atoms with van der Waals surface area (Å²) in [6, 6.07) is 3.13. The van der Waals surface area contributed by atoms with Gasteiger partial charge >= 0.3 is 5.97 Å². The molecule has 0 saturated carbocycles. The number of hydrogen-bond donors (Lipinski definition) is 0. The number of rotatable bonds is 5. The summed E-state index contributed by atoms with van der Waals surface area (Å²) in [5, 5.41) is 0.489. The van der Waals surface area contributed by atoms with Crippen molar-refractivity contribution in [3.05, 3.63) is 29.0 Å². The summed E-state index contributed by atoms with van der Waals surface area (Å²) in [4.78, 5) is 15.5. The predicted molar refractivity (Wildman–Crippen MR) is 63.6 cm³/mol. The minimum Gasteiger partial charge on any atom is -0.461 e. The number of pyridine rings is 1. The fourth-order valence-corrected chi connectivity index (χ4v) is 1.54. The van der Waals surface area contributed by atoms with Crippen LogP contribution in [0.5, 0.6) is 0 Å². The lowest BCUT2D eigenvalue weighted by molar-refractivity contribution is 0.0437. The molecule has 0 amide bonds. The molecular formula is C12H16ClNO2. The van der Waals surface area contributed by atoms with Crippen molar-refractivity contribution in [1.82, 2.24) is 4.98 Å². The Hall–Kier alpha value is -1.09. The van der Waals surface area contributed by atoms with Crippen molar-refractivity contribution in [3.63, 3.8) is 0 Å². The van der Waals surface area contributed by atoms with Gasteiger partial charge in [-0.1, -0.05) is 31.9 Å². The molecule has 0 aliphatic carbocycles. The molecule has 0 aromatic carbocycles. The number of hydrogen-bond acceptors (Lipinski definition) is 3. The maximum absolute atomic E-state index is 11.6. The molecular weight excluding hydrogens is 226 g/mol. The van der Waals surface area contributed by atoms with E-state index in [1.54, 1.807) is 6.07 Å². The van der Waals surface area contributed by atoms with Crippen LogP contribution >= 0.6 is 11.6 Å². The van der Waals surface area contributed by atoms with E-state index < -0.39 is 5.97 Å². The third-order valence-electron chi connectivity index (χ3n) is 2.21. The topological polar surface area (TPSA) is 39.2 Å². The average Bonchev–Trinajstić information content (AvgIpc) is 2.26. The van der Waals surface area contributed by atoms with E-state index in [4.69, 9.17) is 16.3 Å². The SMILES string of the molecule is CCCC(C)COC(=O)c1cc(Cl)ccn1. The van der Waals surface area contributed by atoms with Gasteiger partial charge < -0.3 is 4.74 Å². The smallest absolute Gasteiger partial charge is 0.356 e. The van der Waals surface area contributed by atoms with Gasteiger partial charge in [0.05, 0.1) is 6.61 Å². The van der Waals surface area contributed by atoms with Crippen molar-refractivity contribution in [3.8, 4) is 0 Å². The molecule has 1 aromatic rings. The molecule has 16 heavy (non-hydrogen) atoms. The maximum atomic E-state index is 11.6. The largest absolute Gasteiger partial charge is 0.461 e. The molecule has 0 radical (unpaired) electrons. The van der Waals surface area contributed by atoms with Crippen LogP contribution in [0.1, 0.15) is 37.2 Å². The molecule has 3 nitrogen and oxygen atoms in total. The Morgan fingerprint density at radius 1 is 1.62 bits per heavy atom. The Labute approximate surface area is 101 Å². The second-order valence-corrected chi connectivity index (χ2v) is 4.29. The van der Waals surface area contributed by atoms with Crippen LogP contribution in [0.4, 0.5) is 0 Å². The van der Waals surface area contributed by atoms with Crippen molar-refractivity contribution in [2.24, 2.45) is 5.92 Å². The van der Waals surface area contributed by atoms with Crippen LogP contribution in [0.2, 0.25) is 5.02 Å². The molecule has 4 heteroatoms.